The van der Waals surface area contributed by atoms with Gasteiger partial charge in [-0.25, -0.2) is 12.8 Å². The third kappa shape index (κ3) is 3.42. The van der Waals surface area contributed by atoms with Gasteiger partial charge in [-0.05, 0) is 26.0 Å². The number of rotatable bonds is 3. The Morgan fingerprint density at radius 2 is 2.14 bits per heavy atom. The summed E-state index contributed by atoms with van der Waals surface area (Å²) in [6.07, 6.45) is -0.223. The zero-order valence-corrected chi connectivity index (χ0v) is 14.8. The monoisotopic (exact) mass is 399 g/mol. The van der Waals surface area contributed by atoms with Crippen LogP contribution < -0.4 is 0 Å². The average Bonchev–Trinajstić information content (AvgIpc) is 2.43. The van der Waals surface area contributed by atoms with E-state index in [2.05, 4.69) is 15.9 Å². The second-order valence-electron chi connectivity index (χ2n) is 5.08. The van der Waals surface area contributed by atoms with Crippen LogP contribution in [0.1, 0.15) is 19.4 Å². The molecule has 1 saturated heterocycles. The fraction of sp³-hybridized carbons (Fsp3) is 0.538. The SMILES string of the molecule is CC1CN(S(=O)(=O)c2cc(Br)cc(CCl)c2F)C(C)CO1. The highest BCUT2D eigenvalue weighted by atomic mass is 79.9. The topological polar surface area (TPSA) is 46.6 Å². The Labute approximate surface area is 137 Å². The summed E-state index contributed by atoms with van der Waals surface area (Å²) in [7, 11) is -3.94. The van der Waals surface area contributed by atoms with Gasteiger partial charge in [-0.3, -0.25) is 0 Å². The number of benzene rings is 1. The van der Waals surface area contributed by atoms with Crippen LogP contribution in [0.25, 0.3) is 0 Å². The predicted octanol–water partition coefficient (Wildman–Crippen LogP) is 3.12. The molecular formula is C13H16BrClFNO3S. The van der Waals surface area contributed by atoms with Crippen molar-refractivity contribution in [1.82, 2.24) is 4.31 Å². The lowest BCUT2D eigenvalue weighted by Gasteiger charge is -2.35. The maximum Gasteiger partial charge on any atom is 0.246 e. The quantitative estimate of drug-likeness (QED) is 0.732. The van der Waals surface area contributed by atoms with Crippen LogP contribution in [0.15, 0.2) is 21.5 Å². The van der Waals surface area contributed by atoms with Crippen LogP contribution in [0.5, 0.6) is 0 Å². The molecule has 1 aromatic rings. The zero-order valence-electron chi connectivity index (χ0n) is 11.6. The van der Waals surface area contributed by atoms with E-state index in [-0.39, 0.29) is 35.0 Å². The average molecular weight is 401 g/mol. The molecule has 8 heteroatoms. The molecule has 1 aliphatic rings. The van der Waals surface area contributed by atoms with Crippen LogP contribution in [0.4, 0.5) is 4.39 Å². The van der Waals surface area contributed by atoms with Gasteiger partial charge in [-0.15, -0.1) is 11.6 Å². The van der Waals surface area contributed by atoms with Gasteiger partial charge in [0.25, 0.3) is 0 Å². The summed E-state index contributed by atoms with van der Waals surface area (Å²) in [5, 5.41) is 0. The summed E-state index contributed by atoms with van der Waals surface area (Å²) < 4.78 is 47.1. The Hall–Kier alpha value is -0.210. The lowest BCUT2D eigenvalue weighted by Crippen LogP contribution is -2.50. The number of ether oxygens (including phenoxy) is 1. The molecule has 0 spiro atoms. The fourth-order valence-electron chi connectivity index (χ4n) is 2.24. The molecule has 1 heterocycles. The molecule has 0 amide bonds. The number of hydrogen-bond acceptors (Lipinski definition) is 3. The first-order valence-electron chi connectivity index (χ1n) is 6.44. The number of alkyl halides is 1. The van der Waals surface area contributed by atoms with Gasteiger partial charge in [0.05, 0.1) is 18.6 Å². The predicted molar refractivity (Wildman–Crippen MR) is 82.4 cm³/mol. The van der Waals surface area contributed by atoms with Crippen molar-refractivity contribution in [3.05, 3.63) is 28.0 Å². The van der Waals surface area contributed by atoms with Gasteiger partial charge in [0.15, 0.2) is 0 Å². The number of morpholine rings is 1. The molecule has 118 valence electrons. The van der Waals surface area contributed by atoms with Crippen LogP contribution in [-0.2, 0) is 20.6 Å². The third-order valence-corrected chi connectivity index (χ3v) is 6.09. The number of sulfonamides is 1. The molecule has 1 fully saturated rings. The molecule has 4 nitrogen and oxygen atoms in total. The molecule has 2 unspecified atom stereocenters. The molecule has 0 bridgehead atoms. The fourth-order valence-corrected chi connectivity index (χ4v) is 4.92. The second kappa shape index (κ2) is 6.50. The highest BCUT2D eigenvalue weighted by Gasteiger charge is 2.36. The molecule has 2 rings (SSSR count). The van der Waals surface area contributed by atoms with Gasteiger partial charge in [0.2, 0.25) is 10.0 Å². The summed E-state index contributed by atoms with van der Waals surface area (Å²) in [4.78, 5) is -0.353. The van der Waals surface area contributed by atoms with Crippen LogP contribution in [0.2, 0.25) is 0 Å². The van der Waals surface area contributed by atoms with Crippen molar-refractivity contribution >= 4 is 37.6 Å². The van der Waals surface area contributed by atoms with Crippen molar-refractivity contribution in [3.63, 3.8) is 0 Å². The Balaban J connectivity index is 2.51. The van der Waals surface area contributed by atoms with Gasteiger partial charge < -0.3 is 4.74 Å². The number of halogens is 3. The molecule has 1 aromatic carbocycles. The van der Waals surface area contributed by atoms with Gasteiger partial charge in [0.1, 0.15) is 10.7 Å². The lowest BCUT2D eigenvalue weighted by atomic mass is 10.2. The molecule has 0 N–H and O–H groups in total. The summed E-state index contributed by atoms with van der Waals surface area (Å²) >= 11 is 8.87. The minimum Gasteiger partial charge on any atom is -0.375 e. The van der Waals surface area contributed by atoms with Gasteiger partial charge in [-0.2, -0.15) is 4.31 Å². The lowest BCUT2D eigenvalue weighted by molar-refractivity contribution is -0.0171. The standard InChI is InChI=1S/C13H16BrClFNO3S/c1-8-7-20-9(2)6-17(8)21(18,19)12-4-11(14)3-10(5-15)13(12)16/h3-4,8-9H,5-7H2,1-2H3. The van der Waals surface area contributed by atoms with Crippen molar-refractivity contribution in [1.29, 1.82) is 0 Å². The Morgan fingerprint density at radius 1 is 1.48 bits per heavy atom. The smallest absolute Gasteiger partial charge is 0.246 e. The van der Waals surface area contributed by atoms with Crippen LogP contribution in [-0.4, -0.2) is 38.0 Å². The molecule has 0 radical (unpaired) electrons. The Morgan fingerprint density at radius 3 is 2.76 bits per heavy atom. The van der Waals surface area contributed by atoms with Crippen molar-refractivity contribution < 1.29 is 17.5 Å². The molecule has 2 atom stereocenters. The van der Waals surface area contributed by atoms with Crippen molar-refractivity contribution in [2.45, 2.75) is 36.8 Å². The molecule has 0 saturated carbocycles. The summed E-state index contributed by atoms with van der Waals surface area (Å²) in [5.74, 6) is -0.886. The van der Waals surface area contributed by atoms with Crippen molar-refractivity contribution in [2.24, 2.45) is 0 Å². The number of hydrogen-bond donors (Lipinski definition) is 0. The summed E-state index contributed by atoms with van der Waals surface area (Å²) in [6, 6.07) is 2.41. The van der Waals surface area contributed by atoms with E-state index in [0.717, 1.165) is 0 Å². The van der Waals surface area contributed by atoms with Crippen molar-refractivity contribution in [3.8, 4) is 0 Å². The minimum absolute atomic E-state index is 0.0944. The van der Waals surface area contributed by atoms with E-state index in [1.54, 1.807) is 13.8 Å². The molecule has 0 aliphatic carbocycles. The normalized spacial score (nSPS) is 24.2. The Kier molecular flexibility index (Phi) is 5.31. The zero-order chi connectivity index (χ0) is 15.8. The van der Waals surface area contributed by atoms with Crippen molar-refractivity contribution in [2.75, 3.05) is 13.2 Å². The van der Waals surface area contributed by atoms with E-state index >= 15 is 0 Å². The highest BCUT2D eigenvalue weighted by molar-refractivity contribution is 9.10. The second-order valence-corrected chi connectivity index (χ2v) is 8.12. The van der Waals surface area contributed by atoms with Crippen LogP contribution in [0.3, 0.4) is 0 Å². The first-order chi connectivity index (χ1) is 9.77. The van der Waals surface area contributed by atoms with E-state index in [1.165, 1.54) is 16.4 Å². The first kappa shape index (κ1) is 17.1. The molecule has 0 aromatic heterocycles. The van der Waals surface area contributed by atoms with E-state index in [9.17, 15) is 12.8 Å². The Bertz CT molecular complexity index is 641. The van der Waals surface area contributed by atoms with Crippen LogP contribution >= 0.6 is 27.5 Å². The molecular weight excluding hydrogens is 385 g/mol. The van der Waals surface area contributed by atoms with Gasteiger partial charge in [0, 0.05) is 22.6 Å². The minimum atomic E-state index is -3.94. The van der Waals surface area contributed by atoms with Gasteiger partial charge in [-0.1, -0.05) is 15.9 Å². The largest absolute Gasteiger partial charge is 0.375 e. The van der Waals surface area contributed by atoms with Crippen LogP contribution in [0, 0.1) is 5.82 Å². The summed E-state index contributed by atoms with van der Waals surface area (Å²) in [5.41, 5.74) is 0.151. The third-order valence-electron chi connectivity index (χ3n) is 3.36. The van der Waals surface area contributed by atoms with E-state index in [1.807, 2.05) is 0 Å². The maximum atomic E-state index is 14.4. The number of nitrogens with zero attached hydrogens (tertiary/aromatic N) is 1. The molecule has 21 heavy (non-hydrogen) atoms. The van der Waals surface area contributed by atoms with E-state index < -0.39 is 15.8 Å². The maximum absolute atomic E-state index is 14.4. The first-order valence-corrected chi connectivity index (χ1v) is 9.21. The van der Waals surface area contributed by atoms with E-state index in [0.29, 0.717) is 11.1 Å². The molecule has 1 aliphatic heterocycles. The van der Waals surface area contributed by atoms with Gasteiger partial charge >= 0.3 is 0 Å². The van der Waals surface area contributed by atoms with E-state index in [4.69, 9.17) is 16.3 Å². The summed E-state index contributed by atoms with van der Waals surface area (Å²) in [6.45, 7) is 4.02. The highest BCUT2D eigenvalue weighted by Crippen LogP contribution is 2.29.